The Morgan fingerprint density at radius 2 is 1.64 bits per heavy atom. The monoisotopic (exact) mass is 332 g/mol. The largest absolute Gasteiger partial charge is 0.378 e. The van der Waals surface area contributed by atoms with Crippen molar-refractivity contribution >= 4 is 11.8 Å². The third-order valence-electron chi connectivity index (χ3n) is 4.50. The van der Waals surface area contributed by atoms with Gasteiger partial charge in [-0.2, -0.15) is 10.5 Å². The summed E-state index contributed by atoms with van der Waals surface area (Å²) in [5, 5.41) is 17.9. The molecule has 2 heterocycles. The Morgan fingerprint density at radius 3 is 2.24 bits per heavy atom. The molecule has 0 unspecified atom stereocenters. The number of allylic oxidation sites excluding steroid dienone is 1. The number of hydrogen-bond acceptors (Lipinski definition) is 4. The summed E-state index contributed by atoms with van der Waals surface area (Å²) in [6, 6.07) is 14.3. The van der Waals surface area contributed by atoms with Crippen molar-refractivity contribution in [3.63, 3.8) is 0 Å². The summed E-state index contributed by atoms with van der Waals surface area (Å²) in [4.78, 5) is 2.32. The summed E-state index contributed by atoms with van der Waals surface area (Å²) in [7, 11) is 0. The van der Waals surface area contributed by atoms with E-state index in [4.69, 9.17) is 15.3 Å². The van der Waals surface area contributed by atoms with Crippen molar-refractivity contribution in [1.82, 2.24) is 4.57 Å². The van der Waals surface area contributed by atoms with Crippen molar-refractivity contribution in [3.8, 4) is 17.8 Å². The molecule has 1 aromatic carbocycles. The molecule has 1 aliphatic rings. The third kappa shape index (κ3) is 3.42. The standard InChI is InChI=1S/C20H20N4O/c1-15-11-18(12-17(13-21)14-22)16(2)24(15)20-5-3-19(4-6-20)23-7-9-25-10-8-23/h3-6,11-12H,7-10H2,1-2H3. The quantitative estimate of drug-likeness (QED) is 0.809. The Kier molecular flexibility index (Phi) is 4.88. The van der Waals surface area contributed by atoms with Gasteiger partial charge in [0.2, 0.25) is 0 Å². The predicted molar refractivity (Wildman–Crippen MR) is 97.5 cm³/mol. The lowest BCUT2D eigenvalue weighted by Gasteiger charge is -2.29. The van der Waals surface area contributed by atoms with E-state index in [1.807, 2.05) is 32.1 Å². The van der Waals surface area contributed by atoms with Crippen LogP contribution in [0, 0.1) is 36.5 Å². The van der Waals surface area contributed by atoms with E-state index in [-0.39, 0.29) is 5.57 Å². The number of benzene rings is 1. The van der Waals surface area contributed by atoms with Gasteiger partial charge < -0.3 is 14.2 Å². The molecule has 0 atom stereocenters. The fourth-order valence-electron chi connectivity index (χ4n) is 3.21. The van der Waals surface area contributed by atoms with E-state index in [1.165, 1.54) is 5.69 Å². The van der Waals surface area contributed by atoms with Gasteiger partial charge in [-0.3, -0.25) is 0 Å². The number of aromatic nitrogens is 1. The average molecular weight is 332 g/mol. The molecule has 0 amide bonds. The first-order chi connectivity index (χ1) is 12.1. The second-order valence-electron chi connectivity index (χ2n) is 6.06. The van der Waals surface area contributed by atoms with Gasteiger partial charge in [0.15, 0.2) is 0 Å². The van der Waals surface area contributed by atoms with Crippen molar-refractivity contribution in [2.45, 2.75) is 13.8 Å². The molecule has 0 aliphatic carbocycles. The minimum atomic E-state index is 0.114. The van der Waals surface area contributed by atoms with Crippen LogP contribution in [0.2, 0.25) is 0 Å². The molecule has 1 fully saturated rings. The van der Waals surface area contributed by atoms with E-state index in [0.29, 0.717) is 0 Å². The summed E-state index contributed by atoms with van der Waals surface area (Å²) in [6.45, 7) is 7.41. The molecule has 126 valence electrons. The number of nitriles is 2. The minimum Gasteiger partial charge on any atom is -0.378 e. The number of aryl methyl sites for hydroxylation is 1. The van der Waals surface area contributed by atoms with Crippen molar-refractivity contribution in [3.05, 3.63) is 52.9 Å². The second-order valence-corrected chi connectivity index (χ2v) is 6.06. The van der Waals surface area contributed by atoms with Gasteiger partial charge in [0.25, 0.3) is 0 Å². The zero-order valence-electron chi connectivity index (χ0n) is 14.5. The number of morpholine rings is 1. The van der Waals surface area contributed by atoms with E-state index >= 15 is 0 Å². The molecular weight excluding hydrogens is 312 g/mol. The van der Waals surface area contributed by atoms with Crippen LogP contribution < -0.4 is 4.90 Å². The lowest BCUT2D eigenvalue weighted by Crippen LogP contribution is -2.36. The molecule has 0 radical (unpaired) electrons. The van der Waals surface area contributed by atoms with Crippen LogP contribution in [0.3, 0.4) is 0 Å². The van der Waals surface area contributed by atoms with Crippen molar-refractivity contribution in [1.29, 1.82) is 10.5 Å². The Morgan fingerprint density at radius 1 is 1.04 bits per heavy atom. The molecule has 1 aliphatic heterocycles. The first-order valence-corrected chi connectivity index (χ1v) is 8.28. The summed E-state index contributed by atoms with van der Waals surface area (Å²) >= 11 is 0. The Bertz CT molecular complexity index is 856. The molecule has 0 bridgehead atoms. The zero-order valence-corrected chi connectivity index (χ0v) is 14.5. The molecular formula is C20H20N4O. The van der Waals surface area contributed by atoms with E-state index in [0.717, 1.165) is 48.9 Å². The average Bonchev–Trinajstić information content (AvgIpc) is 2.94. The first kappa shape index (κ1) is 16.8. The molecule has 2 aromatic rings. The number of nitrogens with zero attached hydrogens (tertiary/aromatic N) is 4. The Labute approximate surface area is 148 Å². The van der Waals surface area contributed by atoms with Crippen LogP contribution in [0.25, 0.3) is 11.8 Å². The highest BCUT2D eigenvalue weighted by Gasteiger charge is 2.13. The maximum atomic E-state index is 8.96. The Hall–Kier alpha value is -3.02. The number of anilines is 1. The number of rotatable bonds is 3. The van der Waals surface area contributed by atoms with E-state index in [9.17, 15) is 0 Å². The Balaban J connectivity index is 1.92. The van der Waals surface area contributed by atoms with Gasteiger partial charge in [0.05, 0.1) is 13.2 Å². The molecule has 25 heavy (non-hydrogen) atoms. The summed E-state index contributed by atoms with van der Waals surface area (Å²) in [5.41, 5.74) is 5.36. The lowest BCUT2D eigenvalue weighted by molar-refractivity contribution is 0.122. The van der Waals surface area contributed by atoms with Crippen molar-refractivity contribution in [2.24, 2.45) is 0 Å². The predicted octanol–water partition coefficient (Wildman–Crippen LogP) is 3.36. The summed E-state index contributed by atoms with van der Waals surface area (Å²) in [6.07, 6.45) is 1.64. The zero-order chi connectivity index (χ0) is 17.8. The highest BCUT2D eigenvalue weighted by atomic mass is 16.5. The van der Waals surface area contributed by atoms with Crippen LogP contribution in [0.15, 0.2) is 35.9 Å². The smallest absolute Gasteiger partial charge is 0.130 e. The molecule has 0 saturated carbocycles. The molecule has 5 heteroatoms. The van der Waals surface area contributed by atoms with Crippen LogP contribution in [0.5, 0.6) is 0 Å². The van der Waals surface area contributed by atoms with E-state index < -0.39 is 0 Å². The minimum absolute atomic E-state index is 0.114. The fraction of sp³-hybridized carbons (Fsp3) is 0.300. The highest BCUT2D eigenvalue weighted by Crippen LogP contribution is 2.25. The maximum Gasteiger partial charge on any atom is 0.130 e. The SMILES string of the molecule is Cc1cc(C=C(C#N)C#N)c(C)n1-c1ccc(N2CCOCC2)cc1. The topological polar surface area (TPSA) is 65.0 Å². The van der Waals surface area contributed by atoms with Gasteiger partial charge in [-0.05, 0) is 55.8 Å². The van der Waals surface area contributed by atoms with Gasteiger partial charge in [-0.15, -0.1) is 0 Å². The van der Waals surface area contributed by atoms with Gasteiger partial charge in [0.1, 0.15) is 17.7 Å². The van der Waals surface area contributed by atoms with Crippen LogP contribution in [-0.4, -0.2) is 30.9 Å². The van der Waals surface area contributed by atoms with Crippen LogP contribution in [0.4, 0.5) is 5.69 Å². The first-order valence-electron chi connectivity index (χ1n) is 8.28. The van der Waals surface area contributed by atoms with Gasteiger partial charge in [-0.25, -0.2) is 0 Å². The van der Waals surface area contributed by atoms with Crippen LogP contribution in [0.1, 0.15) is 17.0 Å². The lowest BCUT2D eigenvalue weighted by atomic mass is 10.1. The van der Waals surface area contributed by atoms with Crippen molar-refractivity contribution in [2.75, 3.05) is 31.2 Å². The maximum absolute atomic E-state index is 8.96. The molecule has 1 aromatic heterocycles. The van der Waals surface area contributed by atoms with Crippen LogP contribution in [-0.2, 0) is 4.74 Å². The van der Waals surface area contributed by atoms with Gasteiger partial charge in [0, 0.05) is 35.9 Å². The van der Waals surface area contributed by atoms with E-state index in [1.54, 1.807) is 6.08 Å². The summed E-state index contributed by atoms with van der Waals surface area (Å²) in [5.74, 6) is 0. The normalized spacial score (nSPS) is 13.8. The highest BCUT2D eigenvalue weighted by molar-refractivity contribution is 5.65. The fourth-order valence-corrected chi connectivity index (χ4v) is 3.21. The number of hydrogen-bond donors (Lipinski definition) is 0. The molecule has 0 N–H and O–H groups in total. The van der Waals surface area contributed by atoms with Gasteiger partial charge >= 0.3 is 0 Å². The number of ether oxygens (including phenoxy) is 1. The van der Waals surface area contributed by atoms with Gasteiger partial charge in [-0.1, -0.05) is 0 Å². The molecule has 5 nitrogen and oxygen atoms in total. The molecule has 3 rings (SSSR count). The summed E-state index contributed by atoms with van der Waals surface area (Å²) < 4.78 is 7.54. The molecule has 1 saturated heterocycles. The third-order valence-corrected chi connectivity index (χ3v) is 4.50. The molecule has 0 spiro atoms. The van der Waals surface area contributed by atoms with Crippen LogP contribution >= 0.6 is 0 Å². The second kappa shape index (κ2) is 7.25. The van der Waals surface area contributed by atoms with E-state index in [2.05, 4.69) is 33.7 Å². The van der Waals surface area contributed by atoms with Crippen molar-refractivity contribution < 1.29 is 4.74 Å².